The van der Waals surface area contributed by atoms with E-state index in [1.54, 1.807) is 16.4 Å². The van der Waals surface area contributed by atoms with Gasteiger partial charge in [0.1, 0.15) is 10.8 Å². The van der Waals surface area contributed by atoms with Crippen LogP contribution in [0.3, 0.4) is 0 Å². The highest BCUT2D eigenvalue weighted by atomic mass is 32.2. The predicted octanol–water partition coefficient (Wildman–Crippen LogP) is 4.04. The van der Waals surface area contributed by atoms with Gasteiger partial charge in [-0.2, -0.15) is 4.31 Å². The van der Waals surface area contributed by atoms with Gasteiger partial charge in [0.2, 0.25) is 0 Å². The van der Waals surface area contributed by atoms with Crippen LogP contribution in [0.4, 0.5) is 4.39 Å². The molecule has 0 amide bonds. The number of halogens is 1. The molecule has 4 rings (SSSR count). The molecule has 128 valence electrons. The van der Waals surface area contributed by atoms with Crippen molar-refractivity contribution in [2.24, 2.45) is 0 Å². The van der Waals surface area contributed by atoms with Crippen LogP contribution in [0, 0.1) is 5.82 Å². The zero-order valence-corrected chi connectivity index (χ0v) is 14.8. The molecular formula is C17H19FN2O2S2. The second kappa shape index (κ2) is 6.20. The van der Waals surface area contributed by atoms with E-state index in [1.165, 1.54) is 29.7 Å². The van der Waals surface area contributed by atoms with Gasteiger partial charge in [-0.05, 0) is 49.9 Å². The average molecular weight is 366 g/mol. The molecule has 24 heavy (non-hydrogen) atoms. The molecule has 0 unspecified atom stereocenters. The molecule has 2 aliphatic carbocycles. The lowest BCUT2D eigenvalue weighted by Crippen LogP contribution is -2.40. The first-order chi connectivity index (χ1) is 11.6. The quantitative estimate of drug-likeness (QED) is 0.802. The minimum absolute atomic E-state index is 0.138. The van der Waals surface area contributed by atoms with Crippen LogP contribution in [0.1, 0.15) is 38.5 Å². The van der Waals surface area contributed by atoms with Crippen molar-refractivity contribution in [2.45, 2.75) is 54.8 Å². The van der Waals surface area contributed by atoms with Gasteiger partial charge >= 0.3 is 0 Å². The largest absolute Gasteiger partial charge is 0.254 e. The monoisotopic (exact) mass is 366 g/mol. The third-order valence-electron chi connectivity index (χ3n) is 4.70. The van der Waals surface area contributed by atoms with Crippen molar-refractivity contribution in [1.82, 2.24) is 9.29 Å². The number of thiazole rings is 1. The Morgan fingerprint density at radius 3 is 2.29 bits per heavy atom. The van der Waals surface area contributed by atoms with Crippen LogP contribution < -0.4 is 0 Å². The highest BCUT2D eigenvalue weighted by Crippen LogP contribution is 2.40. The molecule has 4 nitrogen and oxygen atoms in total. The Hall–Kier alpha value is -1.31. The third kappa shape index (κ3) is 3.00. The van der Waals surface area contributed by atoms with Crippen molar-refractivity contribution in [1.29, 1.82) is 0 Å². The number of aromatic nitrogens is 1. The lowest BCUT2D eigenvalue weighted by molar-refractivity contribution is 0.315. The molecule has 0 atom stereocenters. The maximum Gasteiger partial charge on any atom is 0.254 e. The Morgan fingerprint density at radius 1 is 1.04 bits per heavy atom. The summed E-state index contributed by atoms with van der Waals surface area (Å²) in [5.74, 6) is -0.315. The van der Waals surface area contributed by atoms with E-state index < -0.39 is 10.0 Å². The highest BCUT2D eigenvalue weighted by Gasteiger charge is 2.44. The van der Waals surface area contributed by atoms with Crippen molar-refractivity contribution in [3.8, 4) is 10.6 Å². The summed E-state index contributed by atoms with van der Waals surface area (Å²) in [6.45, 7) is 0. The van der Waals surface area contributed by atoms with Crippen molar-refractivity contribution >= 4 is 21.4 Å². The second-order valence-corrected chi connectivity index (χ2v) is 9.60. The minimum Gasteiger partial charge on any atom is -0.243 e. The van der Waals surface area contributed by atoms with Crippen LogP contribution in [0.25, 0.3) is 10.6 Å². The fourth-order valence-electron chi connectivity index (χ4n) is 3.39. The van der Waals surface area contributed by atoms with E-state index in [1.807, 2.05) is 0 Å². The van der Waals surface area contributed by atoms with E-state index in [0.717, 1.165) is 44.1 Å². The van der Waals surface area contributed by atoms with Crippen molar-refractivity contribution in [2.75, 3.05) is 0 Å². The molecule has 1 aromatic carbocycles. The van der Waals surface area contributed by atoms with E-state index >= 15 is 0 Å². The second-order valence-electron chi connectivity index (χ2n) is 6.50. The summed E-state index contributed by atoms with van der Waals surface area (Å²) < 4.78 is 41.4. The third-order valence-corrected chi connectivity index (χ3v) is 8.19. The van der Waals surface area contributed by atoms with Crippen molar-refractivity contribution in [3.05, 3.63) is 36.3 Å². The molecule has 0 saturated heterocycles. The first-order valence-corrected chi connectivity index (χ1v) is 10.6. The summed E-state index contributed by atoms with van der Waals surface area (Å²) in [4.78, 5) is 4.26. The zero-order chi connectivity index (χ0) is 16.7. The summed E-state index contributed by atoms with van der Waals surface area (Å²) in [6.07, 6.45) is 7.49. The zero-order valence-electron chi connectivity index (χ0n) is 13.2. The Balaban J connectivity index is 1.65. The van der Waals surface area contributed by atoms with Crippen LogP contribution >= 0.6 is 11.3 Å². The first kappa shape index (κ1) is 16.2. The summed E-state index contributed by atoms with van der Waals surface area (Å²) in [6, 6.07) is 6.27. The normalized spacial score (nSPS) is 19.2. The maximum atomic E-state index is 13.1. The van der Waals surface area contributed by atoms with Gasteiger partial charge in [-0.15, -0.1) is 11.3 Å². The van der Waals surface area contributed by atoms with Gasteiger partial charge in [0.05, 0.1) is 6.20 Å². The van der Waals surface area contributed by atoms with E-state index in [-0.39, 0.29) is 17.9 Å². The fraction of sp³-hybridized carbons (Fsp3) is 0.471. The van der Waals surface area contributed by atoms with Crippen LogP contribution in [-0.2, 0) is 10.0 Å². The number of hydrogen-bond donors (Lipinski definition) is 0. The molecule has 2 aliphatic rings. The van der Waals surface area contributed by atoms with Crippen molar-refractivity contribution in [3.63, 3.8) is 0 Å². The van der Waals surface area contributed by atoms with Crippen LogP contribution in [0.15, 0.2) is 34.7 Å². The fourth-order valence-corrected chi connectivity index (χ4v) is 6.56. The highest BCUT2D eigenvalue weighted by molar-refractivity contribution is 7.91. The Morgan fingerprint density at radius 2 is 1.67 bits per heavy atom. The molecule has 0 aliphatic heterocycles. The molecule has 0 spiro atoms. The van der Waals surface area contributed by atoms with Crippen LogP contribution in [0.5, 0.6) is 0 Å². The lowest BCUT2D eigenvalue weighted by Gasteiger charge is -2.27. The van der Waals surface area contributed by atoms with Crippen LogP contribution in [-0.4, -0.2) is 29.8 Å². The summed E-state index contributed by atoms with van der Waals surface area (Å²) in [5, 5.41) is 0.607. The average Bonchev–Trinajstić information content (AvgIpc) is 3.04. The van der Waals surface area contributed by atoms with Crippen LogP contribution in [0.2, 0.25) is 0 Å². The predicted molar refractivity (Wildman–Crippen MR) is 91.8 cm³/mol. The summed E-state index contributed by atoms with van der Waals surface area (Å²) in [5.41, 5.74) is 0.738. The van der Waals surface area contributed by atoms with Gasteiger partial charge in [-0.3, -0.25) is 0 Å². The number of hydrogen-bond acceptors (Lipinski definition) is 4. The Labute approximate surface area is 145 Å². The van der Waals surface area contributed by atoms with E-state index in [0.29, 0.717) is 9.22 Å². The van der Waals surface area contributed by atoms with Gasteiger partial charge in [0.15, 0.2) is 4.21 Å². The van der Waals surface area contributed by atoms with E-state index in [4.69, 9.17) is 0 Å². The van der Waals surface area contributed by atoms with Crippen molar-refractivity contribution < 1.29 is 12.8 Å². The standard InChI is InChI=1S/C17H19FN2O2S2/c18-13-7-5-12(6-8-13)17-19-11-16(23-17)24(21,22)20(15-9-10-15)14-3-1-2-4-14/h5-8,11,14-15H,1-4,9-10H2. The minimum atomic E-state index is -3.50. The molecule has 2 aromatic rings. The van der Waals surface area contributed by atoms with Gasteiger partial charge in [-0.1, -0.05) is 12.8 Å². The van der Waals surface area contributed by atoms with E-state index in [2.05, 4.69) is 4.98 Å². The molecule has 2 saturated carbocycles. The van der Waals surface area contributed by atoms with Gasteiger partial charge < -0.3 is 0 Å². The Bertz CT molecular complexity index is 823. The molecule has 0 N–H and O–H groups in total. The SMILES string of the molecule is O=S(=O)(c1cnc(-c2ccc(F)cc2)s1)N(C1CCCC1)C1CC1. The molecule has 1 aromatic heterocycles. The molecule has 0 radical (unpaired) electrons. The molecular weight excluding hydrogens is 347 g/mol. The number of rotatable bonds is 5. The summed E-state index contributed by atoms with van der Waals surface area (Å²) >= 11 is 1.17. The number of nitrogens with zero attached hydrogens (tertiary/aromatic N) is 2. The molecule has 0 bridgehead atoms. The maximum absolute atomic E-state index is 13.1. The van der Waals surface area contributed by atoms with Gasteiger partial charge in [0, 0.05) is 17.6 Å². The molecule has 1 heterocycles. The topological polar surface area (TPSA) is 50.3 Å². The molecule has 7 heteroatoms. The smallest absolute Gasteiger partial charge is 0.243 e. The summed E-state index contributed by atoms with van der Waals surface area (Å²) in [7, 11) is -3.50. The molecule has 2 fully saturated rings. The van der Waals surface area contributed by atoms with E-state index in [9.17, 15) is 12.8 Å². The first-order valence-electron chi connectivity index (χ1n) is 8.31. The lowest BCUT2D eigenvalue weighted by atomic mass is 10.2. The number of benzene rings is 1. The number of sulfonamides is 1. The van der Waals surface area contributed by atoms with Gasteiger partial charge in [-0.25, -0.2) is 17.8 Å². The Kier molecular flexibility index (Phi) is 4.18. The van der Waals surface area contributed by atoms with Gasteiger partial charge in [0.25, 0.3) is 10.0 Å².